The Morgan fingerprint density at radius 3 is 3.04 bits per heavy atom. The van der Waals surface area contributed by atoms with Gasteiger partial charge in [0.15, 0.2) is 0 Å². The van der Waals surface area contributed by atoms with Gasteiger partial charge >= 0.3 is 0 Å². The summed E-state index contributed by atoms with van der Waals surface area (Å²) in [7, 11) is 0. The summed E-state index contributed by atoms with van der Waals surface area (Å²) >= 11 is 0. The first-order valence-corrected chi connectivity index (χ1v) is 9.26. The third-order valence-corrected chi connectivity index (χ3v) is 5.12. The van der Waals surface area contributed by atoms with E-state index in [1.807, 2.05) is 28.9 Å². The Labute approximate surface area is 151 Å². The molecule has 1 aliphatic heterocycles. The molecule has 1 amide bonds. The number of rotatable bonds is 5. The van der Waals surface area contributed by atoms with Crippen LogP contribution in [0.25, 0.3) is 11.0 Å². The van der Waals surface area contributed by atoms with E-state index in [-0.39, 0.29) is 5.91 Å². The minimum Gasteiger partial charge on any atom is -0.349 e. The summed E-state index contributed by atoms with van der Waals surface area (Å²) in [6, 6.07) is 10.1. The summed E-state index contributed by atoms with van der Waals surface area (Å²) < 4.78 is 4.09. The number of carbonyl (C=O) groups is 1. The highest BCUT2D eigenvalue weighted by molar-refractivity contribution is 5.81. The molecule has 1 fully saturated rings. The van der Waals surface area contributed by atoms with E-state index in [0.717, 1.165) is 42.2 Å². The maximum atomic E-state index is 12.6. The molecule has 134 valence electrons. The summed E-state index contributed by atoms with van der Waals surface area (Å²) in [5, 5.41) is 10.9. The predicted molar refractivity (Wildman–Crippen MR) is 97.5 cm³/mol. The third kappa shape index (κ3) is 2.88. The maximum absolute atomic E-state index is 12.6. The van der Waals surface area contributed by atoms with Crippen LogP contribution in [0.5, 0.6) is 0 Å². The second kappa shape index (κ2) is 6.25. The van der Waals surface area contributed by atoms with Gasteiger partial charge in [-0.3, -0.25) is 9.48 Å². The molecule has 1 saturated carbocycles. The molecule has 0 radical (unpaired) electrons. The van der Waals surface area contributed by atoms with Crippen LogP contribution in [0.2, 0.25) is 0 Å². The maximum Gasteiger partial charge on any atom is 0.240 e. The van der Waals surface area contributed by atoms with E-state index >= 15 is 0 Å². The summed E-state index contributed by atoms with van der Waals surface area (Å²) in [4.78, 5) is 17.3. The van der Waals surface area contributed by atoms with Gasteiger partial charge in [-0.25, -0.2) is 4.98 Å². The van der Waals surface area contributed by atoms with Crippen LogP contribution in [0.1, 0.15) is 36.0 Å². The highest BCUT2D eigenvalue weighted by Gasteiger charge is 2.30. The molecule has 2 N–H and O–H groups in total. The van der Waals surface area contributed by atoms with Crippen molar-refractivity contribution < 1.29 is 4.79 Å². The molecular formula is C19H22N6O. The Kier molecular flexibility index (Phi) is 3.74. The average Bonchev–Trinajstić information content (AvgIpc) is 3.32. The molecule has 2 aliphatic rings. The molecule has 7 nitrogen and oxygen atoms in total. The monoisotopic (exact) mass is 350 g/mol. The SMILES string of the molecule is O=C(Cn1c(C2CC2)nc2ccccc21)NCc1cc2n(n1)CCNC2. The van der Waals surface area contributed by atoms with Gasteiger partial charge in [0.05, 0.1) is 35.5 Å². The topological polar surface area (TPSA) is 76.8 Å². The van der Waals surface area contributed by atoms with Gasteiger partial charge in [0.1, 0.15) is 12.4 Å². The zero-order valence-corrected chi connectivity index (χ0v) is 14.6. The van der Waals surface area contributed by atoms with Gasteiger partial charge < -0.3 is 15.2 Å². The summed E-state index contributed by atoms with van der Waals surface area (Å²) in [6.07, 6.45) is 2.33. The number of hydrogen-bond donors (Lipinski definition) is 2. The minimum absolute atomic E-state index is 0.000787. The standard InChI is InChI=1S/C19H22N6O/c26-18(21-10-14-9-15-11-20-7-8-25(15)23-14)12-24-17-4-2-1-3-16(17)22-19(24)13-5-6-13/h1-4,9,13,20H,5-8,10-12H2,(H,21,26). The van der Waals surface area contributed by atoms with Gasteiger partial charge in [0, 0.05) is 19.0 Å². The fourth-order valence-corrected chi connectivity index (χ4v) is 3.64. The largest absolute Gasteiger partial charge is 0.349 e. The fraction of sp³-hybridized carbons (Fsp3) is 0.421. The summed E-state index contributed by atoms with van der Waals surface area (Å²) in [5.41, 5.74) is 4.09. The van der Waals surface area contributed by atoms with E-state index in [1.165, 1.54) is 18.5 Å². The highest BCUT2D eigenvalue weighted by atomic mass is 16.1. The van der Waals surface area contributed by atoms with Crippen molar-refractivity contribution in [3.63, 3.8) is 0 Å². The molecule has 7 heteroatoms. The first-order chi connectivity index (χ1) is 12.8. The Morgan fingerprint density at radius 2 is 2.19 bits per heavy atom. The van der Waals surface area contributed by atoms with E-state index in [1.54, 1.807) is 0 Å². The predicted octanol–water partition coefficient (Wildman–Crippen LogP) is 1.53. The van der Waals surface area contributed by atoms with E-state index in [2.05, 4.69) is 26.4 Å². The van der Waals surface area contributed by atoms with Crippen LogP contribution in [0.15, 0.2) is 30.3 Å². The number of para-hydroxylation sites is 2. The molecule has 1 aromatic carbocycles. The Morgan fingerprint density at radius 1 is 1.31 bits per heavy atom. The van der Waals surface area contributed by atoms with Crippen molar-refractivity contribution >= 4 is 16.9 Å². The molecule has 1 aliphatic carbocycles. The number of benzene rings is 1. The van der Waals surface area contributed by atoms with Gasteiger partial charge in [0.2, 0.25) is 5.91 Å². The van der Waals surface area contributed by atoms with Gasteiger partial charge in [-0.2, -0.15) is 5.10 Å². The number of carbonyl (C=O) groups excluding carboxylic acids is 1. The van der Waals surface area contributed by atoms with Crippen LogP contribution in [0.4, 0.5) is 0 Å². The molecule has 3 aromatic rings. The Hall–Kier alpha value is -2.67. The van der Waals surface area contributed by atoms with Crippen LogP contribution in [0.3, 0.4) is 0 Å². The smallest absolute Gasteiger partial charge is 0.240 e. The normalized spacial score (nSPS) is 16.6. The number of hydrogen-bond acceptors (Lipinski definition) is 4. The number of nitrogens with one attached hydrogen (secondary N) is 2. The van der Waals surface area contributed by atoms with Crippen molar-refractivity contribution in [2.24, 2.45) is 0 Å². The van der Waals surface area contributed by atoms with Crippen LogP contribution in [-0.2, 0) is 31.0 Å². The molecule has 5 rings (SSSR count). The van der Waals surface area contributed by atoms with Gasteiger partial charge in [0.25, 0.3) is 0 Å². The average molecular weight is 350 g/mol. The summed E-state index contributed by atoms with van der Waals surface area (Å²) in [5.74, 6) is 1.55. The fourth-order valence-electron chi connectivity index (χ4n) is 3.64. The lowest BCUT2D eigenvalue weighted by Gasteiger charge is -2.13. The number of imidazole rings is 1. The third-order valence-electron chi connectivity index (χ3n) is 5.12. The molecule has 26 heavy (non-hydrogen) atoms. The Bertz CT molecular complexity index is 944. The van der Waals surface area contributed by atoms with Crippen LogP contribution in [-0.4, -0.2) is 31.8 Å². The lowest BCUT2D eigenvalue weighted by atomic mass is 10.3. The number of nitrogens with zero attached hydrogens (tertiary/aromatic N) is 4. The molecule has 0 unspecified atom stereocenters. The van der Waals surface area contributed by atoms with Crippen molar-refractivity contribution in [2.45, 2.75) is 44.9 Å². The minimum atomic E-state index is -0.000787. The van der Waals surface area contributed by atoms with Crippen molar-refractivity contribution in [1.29, 1.82) is 0 Å². The lowest BCUT2D eigenvalue weighted by Crippen LogP contribution is -2.28. The van der Waals surface area contributed by atoms with Gasteiger partial charge in [-0.05, 0) is 31.0 Å². The number of aromatic nitrogens is 4. The van der Waals surface area contributed by atoms with E-state index in [9.17, 15) is 4.79 Å². The lowest BCUT2D eigenvalue weighted by molar-refractivity contribution is -0.121. The highest BCUT2D eigenvalue weighted by Crippen LogP contribution is 2.40. The van der Waals surface area contributed by atoms with Gasteiger partial charge in [-0.1, -0.05) is 12.1 Å². The summed E-state index contributed by atoms with van der Waals surface area (Å²) in [6.45, 7) is 3.44. The zero-order chi connectivity index (χ0) is 17.5. The zero-order valence-electron chi connectivity index (χ0n) is 14.6. The molecular weight excluding hydrogens is 328 g/mol. The van der Waals surface area contributed by atoms with E-state index in [0.29, 0.717) is 19.0 Å². The molecule has 0 spiro atoms. The van der Waals surface area contributed by atoms with Crippen molar-refractivity contribution in [3.05, 3.63) is 47.5 Å². The van der Waals surface area contributed by atoms with E-state index < -0.39 is 0 Å². The molecule has 0 bridgehead atoms. The van der Waals surface area contributed by atoms with Crippen molar-refractivity contribution in [3.8, 4) is 0 Å². The van der Waals surface area contributed by atoms with E-state index in [4.69, 9.17) is 4.98 Å². The first-order valence-electron chi connectivity index (χ1n) is 9.26. The second-order valence-electron chi connectivity index (χ2n) is 7.12. The van der Waals surface area contributed by atoms with Gasteiger partial charge in [-0.15, -0.1) is 0 Å². The first kappa shape index (κ1) is 15.6. The van der Waals surface area contributed by atoms with Crippen molar-refractivity contribution in [2.75, 3.05) is 6.54 Å². The number of fused-ring (bicyclic) bond motifs is 2. The second-order valence-corrected chi connectivity index (χ2v) is 7.12. The van der Waals surface area contributed by atoms with Crippen LogP contribution < -0.4 is 10.6 Å². The molecule has 0 atom stereocenters. The molecule has 2 aromatic heterocycles. The molecule has 0 saturated heterocycles. The van der Waals surface area contributed by atoms with Crippen LogP contribution in [0, 0.1) is 0 Å². The quantitative estimate of drug-likeness (QED) is 0.732. The van der Waals surface area contributed by atoms with Crippen LogP contribution >= 0.6 is 0 Å². The van der Waals surface area contributed by atoms with Crippen molar-refractivity contribution in [1.82, 2.24) is 30.0 Å². The molecule has 3 heterocycles. The number of amides is 1. The Balaban J connectivity index is 1.30.